The number of ether oxygens (including phenoxy) is 2. The largest absolute Gasteiger partial charge is 0.508 e. The van der Waals surface area contributed by atoms with E-state index in [-0.39, 0.29) is 29.3 Å². The number of nitrogens with zero attached hydrogens (tertiary/aromatic N) is 4. The Labute approximate surface area is 262 Å². The quantitative estimate of drug-likeness (QED) is 0.0871. The number of Topliss-reactive ketones (excluding diaryl/α,β-unsaturated/α-hetero) is 1. The molecule has 4 rings (SSSR count). The van der Waals surface area contributed by atoms with Gasteiger partial charge in [-0.15, -0.1) is 0 Å². The zero-order valence-corrected chi connectivity index (χ0v) is 25.5. The number of ketones is 1. The van der Waals surface area contributed by atoms with Crippen molar-refractivity contribution in [3.63, 3.8) is 0 Å². The molecule has 1 amide bonds. The van der Waals surface area contributed by atoms with Gasteiger partial charge in [0, 0.05) is 50.1 Å². The summed E-state index contributed by atoms with van der Waals surface area (Å²) in [6.07, 6.45) is 1.23. The Bertz CT molecular complexity index is 1500. The summed E-state index contributed by atoms with van der Waals surface area (Å²) in [4.78, 5) is 39.1. The maximum atomic E-state index is 13.0. The van der Waals surface area contributed by atoms with E-state index in [9.17, 15) is 14.7 Å². The van der Waals surface area contributed by atoms with E-state index in [1.165, 1.54) is 0 Å². The Morgan fingerprint density at radius 2 is 1.33 bits per heavy atom. The van der Waals surface area contributed by atoms with Crippen molar-refractivity contribution in [1.29, 1.82) is 0 Å². The molecule has 0 saturated heterocycles. The summed E-state index contributed by atoms with van der Waals surface area (Å²) in [5.74, 6) is 1.12. The maximum absolute atomic E-state index is 13.0. The number of hydrogen-bond acceptors (Lipinski definition) is 11. The van der Waals surface area contributed by atoms with E-state index in [0.29, 0.717) is 75.2 Å². The highest BCUT2D eigenvalue weighted by atomic mass is 16.5. The van der Waals surface area contributed by atoms with Gasteiger partial charge in [-0.05, 0) is 67.4 Å². The van der Waals surface area contributed by atoms with Crippen molar-refractivity contribution in [2.45, 2.75) is 26.3 Å². The number of anilines is 5. The van der Waals surface area contributed by atoms with Crippen LogP contribution in [0.2, 0.25) is 0 Å². The number of carbonyl (C=O) groups is 2. The molecule has 236 valence electrons. The van der Waals surface area contributed by atoms with E-state index in [1.54, 1.807) is 67.4 Å². The molecule has 0 spiro atoms. The Kier molecular flexibility index (Phi) is 12.6. The van der Waals surface area contributed by atoms with Crippen molar-refractivity contribution in [3.8, 4) is 5.75 Å². The Morgan fingerprint density at radius 3 is 1.96 bits per heavy atom. The van der Waals surface area contributed by atoms with Gasteiger partial charge in [-0.25, -0.2) is 0 Å². The van der Waals surface area contributed by atoms with Crippen molar-refractivity contribution in [2.75, 3.05) is 56.0 Å². The number of benzene rings is 3. The van der Waals surface area contributed by atoms with Gasteiger partial charge in [-0.2, -0.15) is 15.0 Å². The van der Waals surface area contributed by atoms with E-state index in [0.717, 1.165) is 5.56 Å². The lowest BCUT2D eigenvalue weighted by molar-refractivity contribution is -0.117. The number of rotatable bonds is 18. The number of nitrogens with one attached hydrogen (secondary N) is 3. The molecule has 0 bridgehead atoms. The van der Waals surface area contributed by atoms with Gasteiger partial charge in [0.05, 0.1) is 19.8 Å². The highest BCUT2D eigenvalue weighted by Crippen LogP contribution is 2.21. The van der Waals surface area contributed by atoms with E-state index < -0.39 is 0 Å². The molecule has 0 atom stereocenters. The third-order valence-electron chi connectivity index (χ3n) is 6.48. The smallest absolute Gasteiger partial charge is 0.253 e. The van der Waals surface area contributed by atoms with Crippen molar-refractivity contribution < 1.29 is 24.2 Å². The minimum Gasteiger partial charge on any atom is -0.508 e. The van der Waals surface area contributed by atoms with E-state index in [2.05, 4.69) is 30.9 Å². The standard InChI is InChI=1S/C33H39N7O5/c1-24(41)7-6-19-44-21-22-45-20-18-34-31-37-32(39-33(38-31)36-28-14-16-29(42)17-15-28)35-27-12-10-26(11-13-27)30(43)40(2)23-25-8-4-3-5-9-25/h3-5,8-17,42H,6-7,18-23H2,1-2H3,(H3,34,35,36,37,38,39). The molecular weight excluding hydrogens is 574 g/mol. The van der Waals surface area contributed by atoms with Gasteiger partial charge in [0.2, 0.25) is 17.8 Å². The monoisotopic (exact) mass is 613 g/mol. The molecule has 0 aliphatic heterocycles. The molecule has 0 radical (unpaired) electrons. The molecule has 12 nitrogen and oxygen atoms in total. The minimum atomic E-state index is -0.0841. The molecule has 12 heteroatoms. The average molecular weight is 614 g/mol. The molecule has 1 aromatic heterocycles. The summed E-state index contributed by atoms with van der Waals surface area (Å²) in [5.41, 5.74) is 3.00. The normalized spacial score (nSPS) is 10.7. The lowest BCUT2D eigenvalue weighted by atomic mass is 10.1. The summed E-state index contributed by atoms with van der Waals surface area (Å²) in [6.45, 7) is 4.34. The van der Waals surface area contributed by atoms with Gasteiger partial charge < -0.3 is 40.2 Å². The summed E-state index contributed by atoms with van der Waals surface area (Å²) in [6, 6.07) is 23.5. The van der Waals surface area contributed by atoms with Crippen LogP contribution in [0.25, 0.3) is 0 Å². The SMILES string of the molecule is CC(=O)CCCOCCOCCNc1nc(Nc2ccc(O)cc2)nc(Nc2ccc(C(=O)N(C)Cc3ccccc3)cc2)n1. The summed E-state index contributed by atoms with van der Waals surface area (Å²) < 4.78 is 11.1. The number of phenolic OH excluding ortho intramolecular Hbond substituents is 1. The zero-order chi connectivity index (χ0) is 31.9. The topological polar surface area (TPSA) is 151 Å². The van der Waals surface area contributed by atoms with Crippen LogP contribution in [0.1, 0.15) is 35.7 Å². The molecule has 4 aromatic rings. The van der Waals surface area contributed by atoms with E-state index >= 15 is 0 Å². The highest BCUT2D eigenvalue weighted by molar-refractivity contribution is 5.94. The zero-order valence-electron chi connectivity index (χ0n) is 25.5. The van der Waals surface area contributed by atoms with Crippen LogP contribution in [0.4, 0.5) is 29.2 Å². The fraction of sp³-hybridized carbons (Fsp3) is 0.303. The molecule has 0 fully saturated rings. The van der Waals surface area contributed by atoms with Crippen LogP contribution in [-0.2, 0) is 20.8 Å². The molecule has 0 aliphatic rings. The van der Waals surface area contributed by atoms with Gasteiger partial charge in [0.25, 0.3) is 5.91 Å². The first-order chi connectivity index (χ1) is 21.9. The van der Waals surface area contributed by atoms with Gasteiger partial charge in [-0.1, -0.05) is 30.3 Å². The van der Waals surface area contributed by atoms with Gasteiger partial charge in [0.15, 0.2) is 0 Å². The predicted molar refractivity (Wildman–Crippen MR) is 173 cm³/mol. The number of carbonyl (C=O) groups excluding carboxylic acids is 2. The molecule has 3 aromatic carbocycles. The molecule has 1 heterocycles. The second-order valence-corrected chi connectivity index (χ2v) is 10.3. The van der Waals surface area contributed by atoms with Crippen LogP contribution in [0.15, 0.2) is 78.9 Å². The van der Waals surface area contributed by atoms with Crippen LogP contribution in [0.3, 0.4) is 0 Å². The number of aromatic nitrogens is 3. The number of hydrogen-bond donors (Lipinski definition) is 4. The molecule has 0 unspecified atom stereocenters. The van der Waals surface area contributed by atoms with Crippen molar-refractivity contribution in [3.05, 3.63) is 90.0 Å². The van der Waals surface area contributed by atoms with Gasteiger partial charge in [0.1, 0.15) is 11.5 Å². The van der Waals surface area contributed by atoms with Crippen LogP contribution in [0, 0.1) is 0 Å². The lowest BCUT2D eigenvalue weighted by Gasteiger charge is -2.17. The summed E-state index contributed by atoms with van der Waals surface area (Å²) in [7, 11) is 1.78. The van der Waals surface area contributed by atoms with E-state index in [4.69, 9.17) is 9.47 Å². The van der Waals surface area contributed by atoms with Crippen LogP contribution >= 0.6 is 0 Å². The van der Waals surface area contributed by atoms with Crippen LogP contribution in [-0.4, -0.2) is 76.7 Å². The second-order valence-electron chi connectivity index (χ2n) is 10.3. The first-order valence-corrected chi connectivity index (χ1v) is 14.7. The molecule has 0 saturated carbocycles. The highest BCUT2D eigenvalue weighted by Gasteiger charge is 2.13. The van der Waals surface area contributed by atoms with Gasteiger partial charge >= 0.3 is 0 Å². The molecule has 4 N–H and O–H groups in total. The third kappa shape index (κ3) is 11.5. The summed E-state index contributed by atoms with van der Waals surface area (Å²) >= 11 is 0. The molecule has 0 aliphatic carbocycles. The Morgan fingerprint density at radius 1 is 0.756 bits per heavy atom. The van der Waals surface area contributed by atoms with Crippen molar-refractivity contribution in [2.24, 2.45) is 0 Å². The number of phenols is 1. The minimum absolute atomic E-state index is 0.0841. The van der Waals surface area contributed by atoms with Crippen molar-refractivity contribution >= 4 is 40.9 Å². The Hall–Kier alpha value is -5.07. The van der Waals surface area contributed by atoms with Crippen LogP contribution in [0.5, 0.6) is 5.75 Å². The fourth-order valence-corrected chi connectivity index (χ4v) is 4.20. The van der Waals surface area contributed by atoms with Gasteiger partial charge in [-0.3, -0.25) is 4.79 Å². The first-order valence-electron chi connectivity index (χ1n) is 14.7. The molecular formula is C33H39N7O5. The first kappa shape index (κ1) is 32.8. The number of amides is 1. The van der Waals surface area contributed by atoms with E-state index in [1.807, 2.05) is 30.3 Å². The van der Waals surface area contributed by atoms with Crippen LogP contribution < -0.4 is 16.0 Å². The third-order valence-corrected chi connectivity index (χ3v) is 6.48. The Balaban J connectivity index is 1.34. The average Bonchev–Trinajstić information content (AvgIpc) is 3.03. The molecule has 45 heavy (non-hydrogen) atoms. The lowest BCUT2D eigenvalue weighted by Crippen LogP contribution is -2.26. The maximum Gasteiger partial charge on any atom is 0.253 e. The summed E-state index contributed by atoms with van der Waals surface area (Å²) in [5, 5.41) is 19.1. The van der Waals surface area contributed by atoms with Crippen molar-refractivity contribution in [1.82, 2.24) is 19.9 Å². The number of aromatic hydroxyl groups is 1. The second kappa shape index (κ2) is 17.3. The predicted octanol–water partition coefficient (Wildman–Crippen LogP) is 5.15. The fourth-order valence-electron chi connectivity index (χ4n) is 4.20.